The average molecular weight is 297 g/mol. The molecule has 2 nitrogen and oxygen atoms in total. The first kappa shape index (κ1) is 12.1. The Morgan fingerprint density at radius 2 is 2.14 bits per heavy atom. The first-order chi connectivity index (χ1) is 10.5. The Kier molecular flexibility index (Phi) is 1.58. The van der Waals surface area contributed by atoms with Gasteiger partial charge in [0, 0.05) is 23.5 Å². The molecule has 5 saturated heterocycles. The van der Waals surface area contributed by atoms with Crippen LogP contribution in [-0.4, -0.2) is 35.2 Å². The zero-order valence-electron chi connectivity index (χ0n) is 13.9. The molecule has 0 aromatic heterocycles. The second-order valence-corrected chi connectivity index (χ2v) is 10.6. The van der Waals surface area contributed by atoms with Crippen LogP contribution in [0.4, 0.5) is 0 Å². The van der Waals surface area contributed by atoms with Crippen molar-refractivity contribution in [3.8, 4) is 0 Å². The van der Waals surface area contributed by atoms with Crippen molar-refractivity contribution < 1.29 is 4.74 Å². The highest BCUT2D eigenvalue weighted by Gasteiger charge is 2.90. The van der Waals surface area contributed by atoms with E-state index in [4.69, 9.17) is 4.74 Å². The molecule has 0 amide bonds. The van der Waals surface area contributed by atoms with Crippen LogP contribution in [0.15, 0.2) is 12.2 Å². The molecule has 2 spiro atoms. The van der Waals surface area contributed by atoms with Crippen LogP contribution >= 0.6 is 0 Å². The zero-order valence-corrected chi connectivity index (χ0v) is 13.9. The maximum absolute atomic E-state index is 6.72. The van der Waals surface area contributed by atoms with Crippen molar-refractivity contribution in [1.82, 2.24) is 4.90 Å². The zero-order chi connectivity index (χ0) is 14.7. The molecule has 0 aromatic carbocycles. The summed E-state index contributed by atoms with van der Waals surface area (Å²) in [5, 5.41) is 0. The maximum atomic E-state index is 6.72. The summed E-state index contributed by atoms with van der Waals surface area (Å²) in [6.07, 6.45) is 9.38. The molecule has 9 fully saturated rings. The van der Waals surface area contributed by atoms with E-state index in [1.165, 1.54) is 50.6 Å². The monoisotopic (exact) mass is 297 g/mol. The molecule has 1 unspecified atom stereocenters. The largest absolute Gasteiger partial charge is 0.368 e. The summed E-state index contributed by atoms with van der Waals surface area (Å²) in [4.78, 5) is 2.98. The molecule has 0 aromatic rings. The first-order valence-electron chi connectivity index (χ1n) is 9.56. The van der Waals surface area contributed by atoms with E-state index < -0.39 is 0 Å². The van der Waals surface area contributed by atoms with Crippen molar-refractivity contribution in [2.75, 3.05) is 6.54 Å². The second-order valence-electron chi connectivity index (χ2n) is 10.6. The van der Waals surface area contributed by atoms with E-state index in [9.17, 15) is 0 Å². The third-order valence-electron chi connectivity index (χ3n) is 9.94. The minimum atomic E-state index is 0.398. The summed E-state index contributed by atoms with van der Waals surface area (Å²) < 4.78 is 6.72. The molecule has 9 bridgehead atoms. The fourth-order valence-electron chi connectivity index (χ4n) is 10.4. The van der Waals surface area contributed by atoms with Crippen molar-refractivity contribution in [2.24, 2.45) is 28.1 Å². The summed E-state index contributed by atoms with van der Waals surface area (Å²) >= 11 is 0. The predicted molar refractivity (Wildman–Crippen MR) is 84.4 cm³/mol. The first-order valence-corrected chi connectivity index (χ1v) is 9.56. The number of piperidine rings is 2. The quantitative estimate of drug-likeness (QED) is 0.636. The van der Waals surface area contributed by atoms with E-state index in [1.54, 1.807) is 0 Å². The lowest BCUT2D eigenvalue weighted by Gasteiger charge is -2.65. The lowest BCUT2D eigenvalue weighted by atomic mass is 9.41. The highest BCUT2D eigenvalue weighted by atomic mass is 16.5. The van der Waals surface area contributed by atoms with Gasteiger partial charge in [-0.1, -0.05) is 19.9 Å². The maximum Gasteiger partial charge on any atom is 0.0806 e. The molecule has 10 atom stereocenters. The van der Waals surface area contributed by atoms with Gasteiger partial charge in [-0.15, -0.1) is 0 Å². The van der Waals surface area contributed by atoms with Crippen LogP contribution in [0, 0.1) is 28.1 Å². The molecule has 4 saturated carbocycles. The topological polar surface area (TPSA) is 12.5 Å². The molecule has 0 N–H and O–H groups in total. The van der Waals surface area contributed by atoms with Crippen LogP contribution in [0.25, 0.3) is 0 Å². The van der Waals surface area contributed by atoms with Crippen molar-refractivity contribution in [2.45, 2.75) is 76.2 Å². The summed E-state index contributed by atoms with van der Waals surface area (Å²) in [7, 11) is 0. The Morgan fingerprint density at radius 1 is 1.27 bits per heavy atom. The van der Waals surface area contributed by atoms with Gasteiger partial charge in [0.25, 0.3) is 0 Å². The number of hydrogen-bond acceptors (Lipinski definition) is 2. The molecule has 0 radical (unpaired) electrons. The number of rotatable bonds is 0. The Morgan fingerprint density at radius 3 is 3.00 bits per heavy atom. The van der Waals surface area contributed by atoms with Gasteiger partial charge in [-0.25, -0.2) is 0 Å². The van der Waals surface area contributed by atoms with E-state index in [-0.39, 0.29) is 0 Å². The van der Waals surface area contributed by atoms with Gasteiger partial charge in [-0.2, -0.15) is 0 Å². The van der Waals surface area contributed by atoms with Crippen LogP contribution in [-0.2, 0) is 4.74 Å². The smallest absolute Gasteiger partial charge is 0.0806 e. The summed E-state index contributed by atoms with van der Waals surface area (Å²) in [5.41, 5.74) is 3.58. The van der Waals surface area contributed by atoms with Crippen molar-refractivity contribution >= 4 is 0 Å². The molecule has 9 aliphatic rings. The van der Waals surface area contributed by atoms with E-state index in [1.807, 2.05) is 0 Å². The lowest BCUT2D eigenvalue weighted by Crippen LogP contribution is -2.66. The highest BCUT2D eigenvalue weighted by Crippen LogP contribution is 2.87. The van der Waals surface area contributed by atoms with Gasteiger partial charge >= 0.3 is 0 Å². The minimum absolute atomic E-state index is 0.398. The van der Waals surface area contributed by atoms with Gasteiger partial charge in [-0.3, -0.25) is 4.90 Å². The third-order valence-corrected chi connectivity index (χ3v) is 9.94. The second kappa shape index (κ2) is 2.88. The van der Waals surface area contributed by atoms with Crippen molar-refractivity contribution in [3.63, 3.8) is 0 Å². The van der Waals surface area contributed by atoms with Gasteiger partial charge in [0.15, 0.2) is 0 Å². The third kappa shape index (κ3) is 0.815. The number of nitrogens with zero attached hydrogens (tertiary/aromatic N) is 1. The van der Waals surface area contributed by atoms with Crippen LogP contribution in [0.1, 0.15) is 52.4 Å². The Hall–Kier alpha value is -0.340. The van der Waals surface area contributed by atoms with Crippen molar-refractivity contribution in [1.29, 1.82) is 0 Å². The molecule has 5 heterocycles. The van der Waals surface area contributed by atoms with E-state index in [0.29, 0.717) is 34.0 Å². The Bertz CT molecular complexity index is 658. The molecule has 118 valence electrons. The number of hydrogen-bond donors (Lipinski definition) is 0. The molecular weight excluding hydrogens is 270 g/mol. The van der Waals surface area contributed by atoms with Gasteiger partial charge in [0.05, 0.1) is 12.2 Å². The molecular formula is C20H27NO. The normalized spacial score (nSPS) is 75.1. The van der Waals surface area contributed by atoms with Gasteiger partial charge in [0.2, 0.25) is 0 Å². The Labute approximate surface area is 133 Å². The molecule has 5 aliphatic heterocycles. The lowest BCUT2D eigenvalue weighted by molar-refractivity contribution is -0.213. The van der Waals surface area contributed by atoms with Gasteiger partial charge in [0.1, 0.15) is 0 Å². The van der Waals surface area contributed by atoms with Crippen LogP contribution in [0.3, 0.4) is 0 Å². The van der Waals surface area contributed by atoms with Crippen molar-refractivity contribution in [3.05, 3.63) is 12.2 Å². The van der Waals surface area contributed by atoms with Crippen LogP contribution in [0.5, 0.6) is 0 Å². The summed E-state index contributed by atoms with van der Waals surface area (Å²) in [5.74, 6) is 1.89. The van der Waals surface area contributed by atoms with E-state index in [0.717, 1.165) is 17.9 Å². The average Bonchev–Trinajstić information content (AvgIpc) is 2.78. The van der Waals surface area contributed by atoms with E-state index in [2.05, 4.69) is 25.3 Å². The molecule has 9 rings (SSSR count). The predicted octanol–water partition coefficient (Wildman–Crippen LogP) is 3.37. The minimum Gasteiger partial charge on any atom is -0.368 e. The fourth-order valence-corrected chi connectivity index (χ4v) is 10.4. The number of fused-ring (bicyclic) bond motifs is 1. The number of ether oxygens (including phenoxy) is 1. The van der Waals surface area contributed by atoms with Gasteiger partial charge < -0.3 is 4.74 Å². The fraction of sp³-hybridized carbons (Fsp3) is 0.900. The summed E-state index contributed by atoms with van der Waals surface area (Å²) in [6, 6.07) is 0.757. The van der Waals surface area contributed by atoms with Crippen LogP contribution in [0.2, 0.25) is 0 Å². The summed E-state index contributed by atoms with van der Waals surface area (Å²) in [6.45, 7) is 11.0. The highest BCUT2D eigenvalue weighted by molar-refractivity contribution is 5.43. The molecule has 4 aliphatic carbocycles. The Balaban J connectivity index is 1.55. The van der Waals surface area contributed by atoms with E-state index >= 15 is 0 Å². The molecule has 22 heavy (non-hydrogen) atoms. The van der Waals surface area contributed by atoms with Gasteiger partial charge in [-0.05, 0) is 67.3 Å². The van der Waals surface area contributed by atoms with Crippen LogP contribution < -0.4 is 0 Å². The standard InChI is InChI=1S/C20H27NO/c1-11-8-19-9-18(3)16-17(2)5-4-6-20(16)13(19)7-12(11)22-15(19)14(20)21(18)10-17/h12-16H,1,4-10H2,2-3H3/t12-,13+,14-,15+,16+,17-,18+,19-,20+/m1/s1. The SMILES string of the molecule is C=C1C[C@]23C[C@@]4(C)[C@@H]5[C@]6(C)CCC[C@]57[C@@H]([C@@H]2O[C@@H]1C[C@@H]37)N4C6. The molecule has 2 heteroatoms.